The Kier molecular flexibility index (Phi) is 5.75. The summed E-state index contributed by atoms with van der Waals surface area (Å²) in [6, 6.07) is 1.08. The van der Waals surface area contributed by atoms with E-state index in [1.54, 1.807) is 0 Å². The van der Waals surface area contributed by atoms with Crippen molar-refractivity contribution in [2.24, 2.45) is 11.7 Å². The van der Waals surface area contributed by atoms with E-state index in [0.717, 1.165) is 19.4 Å². The van der Waals surface area contributed by atoms with Crippen LogP contribution in [0.15, 0.2) is 0 Å². The fourth-order valence-electron chi connectivity index (χ4n) is 2.48. The van der Waals surface area contributed by atoms with Crippen LogP contribution in [0.1, 0.15) is 45.4 Å². The maximum absolute atomic E-state index is 5.80. The normalized spacial score (nSPS) is 28.3. The van der Waals surface area contributed by atoms with Crippen molar-refractivity contribution in [3.8, 4) is 12.3 Å². The second kappa shape index (κ2) is 6.87. The van der Waals surface area contributed by atoms with Gasteiger partial charge in [0.15, 0.2) is 0 Å². The van der Waals surface area contributed by atoms with E-state index in [1.807, 2.05) is 0 Å². The monoisotopic (exact) mass is 208 g/mol. The Morgan fingerprint density at radius 3 is 2.80 bits per heavy atom. The maximum atomic E-state index is 5.80. The third-order valence-corrected chi connectivity index (χ3v) is 3.52. The molecule has 2 heteroatoms. The highest BCUT2D eigenvalue weighted by atomic mass is 15.0. The molecule has 0 aromatic rings. The van der Waals surface area contributed by atoms with Gasteiger partial charge in [-0.15, -0.1) is 12.3 Å². The summed E-state index contributed by atoms with van der Waals surface area (Å²) < 4.78 is 0. The molecule has 0 aliphatic heterocycles. The van der Waals surface area contributed by atoms with Gasteiger partial charge in [0.1, 0.15) is 0 Å². The summed E-state index contributed by atoms with van der Waals surface area (Å²) in [5.41, 5.74) is 5.80. The molecule has 3 N–H and O–H groups in total. The van der Waals surface area contributed by atoms with E-state index in [-0.39, 0.29) is 0 Å². The van der Waals surface area contributed by atoms with Crippen LogP contribution in [-0.2, 0) is 0 Å². The average Bonchev–Trinajstić information content (AvgIpc) is 2.29. The van der Waals surface area contributed by atoms with Crippen molar-refractivity contribution in [2.45, 2.75) is 57.5 Å². The molecule has 0 heterocycles. The summed E-state index contributed by atoms with van der Waals surface area (Å²) in [7, 11) is 0. The van der Waals surface area contributed by atoms with E-state index in [9.17, 15) is 0 Å². The fraction of sp³-hybridized carbons (Fsp3) is 0.846. The van der Waals surface area contributed by atoms with Crippen molar-refractivity contribution in [2.75, 3.05) is 6.54 Å². The lowest BCUT2D eigenvalue weighted by Gasteiger charge is -2.34. The smallest absolute Gasteiger partial charge is 0.0240 e. The zero-order valence-electron chi connectivity index (χ0n) is 9.84. The molecule has 1 aliphatic rings. The topological polar surface area (TPSA) is 38.0 Å². The first-order chi connectivity index (χ1) is 7.31. The Labute approximate surface area is 94.0 Å². The van der Waals surface area contributed by atoms with Crippen molar-refractivity contribution in [3.63, 3.8) is 0 Å². The van der Waals surface area contributed by atoms with Crippen LogP contribution in [0, 0.1) is 18.3 Å². The van der Waals surface area contributed by atoms with Gasteiger partial charge in [-0.3, -0.25) is 0 Å². The van der Waals surface area contributed by atoms with Gasteiger partial charge in [-0.2, -0.15) is 0 Å². The van der Waals surface area contributed by atoms with Crippen LogP contribution in [0.3, 0.4) is 0 Å². The molecule has 0 aromatic heterocycles. The minimum atomic E-state index is 0.479. The van der Waals surface area contributed by atoms with Crippen molar-refractivity contribution in [1.29, 1.82) is 0 Å². The van der Waals surface area contributed by atoms with Crippen LogP contribution in [0.5, 0.6) is 0 Å². The molecule has 0 amide bonds. The molecule has 1 aliphatic carbocycles. The molecule has 0 saturated heterocycles. The molecule has 3 atom stereocenters. The Morgan fingerprint density at radius 1 is 1.47 bits per heavy atom. The van der Waals surface area contributed by atoms with Crippen LogP contribution in [-0.4, -0.2) is 18.6 Å². The van der Waals surface area contributed by atoms with Crippen molar-refractivity contribution in [1.82, 2.24) is 5.32 Å². The predicted octanol–water partition coefficient (Wildman–Crippen LogP) is 1.90. The van der Waals surface area contributed by atoms with E-state index in [4.69, 9.17) is 12.2 Å². The molecular weight excluding hydrogens is 184 g/mol. The van der Waals surface area contributed by atoms with Crippen LogP contribution >= 0.6 is 0 Å². The Morgan fingerprint density at radius 2 is 2.20 bits per heavy atom. The van der Waals surface area contributed by atoms with E-state index in [0.29, 0.717) is 18.0 Å². The Balaban J connectivity index is 2.42. The molecule has 1 rings (SSSR count). The van der Waals surface area contributed by atoms with Crippen molar-refractivity contribution < 1.29 is 0 Å². The zero-order chi connectivity index (χ0) is 11.1. The quantitative estimate of drug-likeness (QED) is 0.677. The summed E-state index contributed by atoms with van der Waals surface area (Å²) in [4.78, 5) is 0. The first-order valence-corrected chi connectivity index (χ1v) is 6.21. The van der Waals surface area contributed by atoms with Crippen LogP contribution in [0.4, 0.5) is 0 Å². The molecule has 0 radical (unpaired) electrons. The lowest BCUT2D eigenvalue weighted by Crippen LogP contribution is -2.46. The molecule has 3 unspecified atom stereocenters. The van der Waals surface area contributed by atoms with Gasteiger partial charge in [0, 0.05) is 18.5 Å². The molecular formula is C13H24N2. The Bertz CT molecular complexity index is 207. The molecule has 86 valence electrons. The van der Waals surface area contributed by atoms with Gasteiger partial charge in [-0.05, 0) is 31.7 Å². The van der Waals surface area contributed by atoms with E-state index in [2.05, 4.69) is 18.2 Å². The molecule has 1 saturated carbocycles. The fourth-order valence-corrected chi connectivity index (χ4v) is 2.48. The lowest BCUT2D eigenvalue weighted by atomic mass is 9.84. The summed E-state index contributed by atoms with van der Waals surface area (Å²) in [6.07, 6.45) is 12.5. The number of terminal acetylenes is 1. The predicted molar refractivity (Wildman–Crippen MR) is 65.5 cm³/mol. The average molecular weight is 208 g/mol. The third kappa shape index (κ3) is 3.85. The summed E-state index contributed by atoms with van der Waals surface area (Å²) in [5, 5.41) is 3.69. The number of rotatable bonds is 5. The van der Waals surface area contributed by atoms with E-state index < -0.39 is 0 Å². The molecule has 0 spiro atoms. The Hall–Kier alpha value is -0.520. The molecule has 2 nitrogen and oxygen atoms in total. The minimum Gasteiger partial charge on any atom is -0.330 e. The van der Waals surface area contributed by atoms with Gasteiger partial charge in [-0.25, -0.2) is 0 Å². The van der Waals surface area contributed by atoms with Crippen LogP contribution in [0.25, 0.3) is 0 Å². The first-order valence-electron chi connectivity index (χ1n) is 6.21. The van der Waals surface area contributed by atoms with E-state index in [1.165, 1.54) is 25.7 Å². The maximum Gasteiger partial charge on any atom is 0.0240 e. The zero-order valence-corrected chi connectivity index (χ0v) is 9.84. The van der Waals surface area contributed by atoms with Gasteiger partial charge >= 0.3 is 0 Å². The largest absolute Gasteiger partial charge is 0.330 e. The van der Waals surface area contributed by atoms with E-state index >= 15 is 0 Å². The van der Waals surface area contributed by atoms with Gasteiger partial charge < -0.3 is 11.1 Å². The van der Waals surface area contributed by atoms with Crippen molar-refractivity contribution >= 4 is 0 Å². The molecule has 1 fully saturated rings. The first kappa shape index (κ1) is 12.5. The number of nitrogens with one attached hydrogen (secondary N) is 1. The standard InChI is InChI=1S/C13H24N2/c1-3-7-12(4-2)15-13-9-6-5-8-11(13)10-14/h1,11-13,15H,4-10,14H2,2H3. The summed E-state index contributed by atoms with van der Waals surface area (Å²) in [6.45, 7) is 3.00. The number of hydrogen-bond donors (Lipinski definition) is 2. The second-order valence-corrected chi connectivity index (χ2v) is 4.57. The molecule has 0 bridgehead atoms. The third-order valence-electron chi connectivity index (χ3n) is 3.52. The van der Waals surface area contributed by atoms with Gasteiger partial charge in [0.05, 0.1) is 0 Å². The number of nitrogens with two attached hydrogens (primary N) is 1. The van der Waals surface area contributed by atoms with Gasteiger partial charge in [0.2, 0.25) is 0 Å². The van der Waals surface area contributed by atoms with Crippen LogP contribution in [0.2, 0.25) is 0 Å². The summed E-state index contributed by atoms with van der Waals surface area (Å²) >= 11 is 0. The van der Waals surface area contributed by atoms with Crippen molar-refractivity contribution in [3.05, 3.63) is 0 Å². The highest BCUT2D eigenvalue weighted by molar-refractivity contribution is 4.92. The SMILES string of the molecule is C#CCC(CC)NC1CCCCC1CN. The van der Waals surface area contributed by atoms with Gasteiger partial charge in [-0.1, -0.05) is 19.8 Å². The summed E-state index contributed by atoms with van der Waals surface area (Å²) in [5.74, 6) is 3.41. The van der Waals surface area contributed by atoms with Gasteiger partial charge in [0.25, 0.3) is 0 Å². The highest BCUT2D eigenvalue weighted by Gasteiger charge is 2.25. The minimum absolute atomic E-state index is 0.479. The molecule has 15 heavy (non-hydrogen) atoms. The molecule has 0 aromatic carbocycles. The second-order valence-electron chi connectivity index (χ2n) is 4.57. The lowest BCUT2D eigenvalue weighted by molar-refractivity contribution is 0.245. The number of hydrogen-bond acceptors (Lipinski definition) is 2. The van der Waals surface area contributed by atoms with Crippen LogP contribution < -0.4 is 11.1 Å². The highest BCUT2D eigenvalue weighted by Crippen LogP contribution is 2.24.